The number of pyridine rings is 1. The fraction of sp³-hybridized carbons (Fsp3) is 0.308. The number of carbonyl (C=O) groups is 2. The lowest BCUT2D eigenvalue weighted by Crippen LogP contribution is -2.57. The number of likely N-dealkylation sites (tertiary alicyclic amines) is 1. The second-order valence-corrected chi connectivity index (χ2v) is 12.2. The molecule has 1 aromatic carbocycles. The van der Waals surface area contributed by atoms with Crippen LogP contribution in [0.1, 0.15) is 52.2 Å². The van der Waals surface area contributed by atoms with Crippen molar-refractivity contribution in [1.29, 1.82) is 0 Å². The van der Waals surface area contributed by atoms with Crippen molar-refractivity contribution in [3.63, 3.8) is 0 Å². The number of amides is 2. The van der Waals surface area contributed by atoms with Crippen LogP contribution in [0, 0.1) is 0 Å². The predicted octanol–water partition coefficient (Wildman–Crippen LogP) is 1.09. The van der Waals surface area contributed by atoms with E-state index in [0.717, 1.165) is 5.56 Å². The lowest BCUT2D eigenvalue weighted by atomic mass is 9.88. The highest BCUT2D eigenvalue weighted by Gasteiger charge is 2.40. The zero-order valence-corrected chi connectivity index (χ0v) is 24.1. The van der Waals surface area contributed by atoms with E-state index in [1.807, 2.05) is 0 Å². The van der Waals surface area contributed by atoms with Gasteiger partial charge in [-0.2, -0.15) is 0 Å². The van der Waals surface area contributed by atoms with Gasteiger partial charge in [-0.1, -0.05) is 17.7 Å². The van der Waals surface area contributed by atoms with Gasteiger partial charge in [0.2, 0.25) is 10.0 Å². The number of benzene rings is 1. The molecule has 0 saturated carbocycles. The number of halogens is 1. The molecule has 1 fully saturated rings. The number of aromatic nitrogens is 3. The molecule has 3 aromatic rings. The smallest absolute Gasteiger partial charge is 0.280 e. The van der Waals surface area contributed by atoms with Crippen LogP contribution >= 0.6 is 11.6 Å². The van der Waals surface area contributed by atoms with Gasteiger partial charge < -0.3 is 21.7 Å². The molecule has 16 heteroatoms. The van der Waals surface area contributed by atoms with Crippen LogP contribution in [0.2, 0.25) is 5.15 Å². The molecule has 2 aliphatic rings. The van der Waals surface area contributed by atoms with Crippen LogP contribution in [0.3, 0.4) is 0 Å². The molecule has 1 saturated heterocycles. The van der Waals surface area contributed by atoms with Crippen molar-refractivity contribution in [1.82, 2.24) is 35.2 Å². The van der Waals surface area contributed by atoms with Crippen molar-refractivity contribution in [3.8, 4) is 0 Å². The Morgan fingerprint density at radius 3 is 2.52 bits per heavy atom. The summed E-state index contributed by atoms with van der Waals surface area (Å²) in [6.07, 6.45) is 4.30. The molecular formula is C26H29ClN10O4S. The first kappa shape index (κ1) is 29.2. The van der Waals surface area contributed by atoms with E-state index in [2.05, 4.69) is 35.3 Å². The Morgan fingerprint density at radius 2 is 1.81 bits per heavy atom. The number of aliphatic imine (C=N–C) groups is 1. The summed E-state index contributed by atoms with van der Waals surface area (Å²) in [5.74, 6) is -0.906. The van der Waals surface area contributed by atoms with Gasteiger partial charge in [-0.05, 0) is 55.7 Å². The Morgan fingerprint density at radius 1 is 1.10 bits per heavy atom. The van der Waals surface area contributed by atoms with Gasteiger partial charge in [0.15, 0.2) is 28.4 Å². The Hall–Kier alpha value is -4.34. The molecule has 220 valence electrons. The molecule has 0 radical (unpaired) electrons. The Labute approximate surface area is 247 Å². The maximum absolute atomic E-state index is 13.3. The third-order valence-corrected chi connectivity index (χ3v) is 9.03. The summed E-state index contributed by atoms with van der Waals surface area (Å²) in [6, 6.07) is 8.97. The number of anilines is 2. The third-order valence-electron chi connectivity index (χ3n) is 7.21. The zero-order valence-electron chi connectivity index (χ0n) is 22.5. The number of carbonyl (C=O) groups excluding carboxylic acids is 2. The van der Waals surface area contributed by atoms with E-state index in [-0.39, 0.29) is 44.8 Å². The summed E-state index contributed by atoms with van der Waals surface area (Å²) >= 11 is 5.87. The molecule has 2 aliphatic heterocycles. The third kappa shape index (κ3) is 6.12. The summed E-state index contributed by atoms with van der Waals surface area (Å²) in [5, 5.41) is 5.75. The maximum Gasteiger partial charge on any atom is 0.280 e. The van der Waals surface area contributed by atoms with E-state index in [0.29, 0.717) is 32.5 Å². The molecule has 2 amide bonds. The maximum atomic E-state index is 13.3. The highest BCUT2D eigenvalue weighted by Crippen LogP contribution is 2.27. The second-order valence-electron chi connectivity index (χ2n) is 10.1. The first-order chi connectivity index (χ1) is 20.0. The normalized spacial score (nSPS) is 16.9. The first-order valence-corrected chi connectivity index (χ1v) is 14.9. The van der Waals surface area contributed by atoms with Gasteiger partial charge in [-0.3, -0.25) is 24.9 Å². The zero-order chi connectivity index (χ0) is 30.1. The van der Waals surface area contributed by atoms with Crippen molar-refractivity contribution in [2.24, 2.45) is 4.99 Å². The lowest BCUT2D eigenvalue weighted by molar-refractivity contribution is 0.0668. The standard InChI is InChI=1S/C26H29ClN10O4S/c1-15(16-5-9-30-10-6-16)36-42(40,41)18-4-2-3-17(13-18)24(39)37-11-7-26(8-12-37)14-31-25(35-26)34-23(38)19-21(28)33-22(29)20(27)32-19/h2-6,9-10,13,15,36H,7-8,11-12,14H2,1H3,(H4,28,29,33)(H2,31,34,35,38). The summed E-state index contributed by atoms with van der Waals surface area (Å²) in [5.41, 5.74) is 11.7. The van der Waals surface area contributed by atoms with Crippen LogP contribution in [-0.4, -0.2) is 71.2 Å². The molecule has 42 heavy (non-hydrogen) atoms. The van der Waals surface area contributed by atoms with Gasteiger partial charge in [0.25, 0.3) is 11.8 Å². The fourth-order valence-corrected chi connectivity index (χ4v) is 6.23. The Kier molecular flexibility index (Phi) is 7.99. The first-order valence-electron chi connectivity index (χ1n) is 13.0. The van der Waals surface area contributed by atoms with Crippen LogP contribution in [0.5, 0.6) is 0 Å². The van der Waals surface area contributed by atoms with Crippen LogP contribution in [0.4, 0.5) is 11.6 Å². The van der Waals surface area contributed by atoms with E-state index in [1.165, 1.54) is 12.1 Å². The van der Waals surface area contributed by atoms with E-state index in [1.54, 1.807) is 48.5 Å². The van der Waals surface area contributed by atoms with Crippen LogP contribution in [-0.2, 0) is 10.0 Å². The van der Waals surface area contributed by atoms with Crippen LogP contribution in [0.25, 0.3) is 0 Å². The molecule has 1 atom stereocenters. The van der Waals surface area contributed by atoms with Crippen molar-refractivity contribution in [2.75, 3.05) is 31.1 Å². The number of nitrogens with two attached hydrogens (primary N) is 2. The molecule has 1 spiro atoms. The predicted molar refractivity (Wildman–Crippen MR) is 156 cm³/mol. The number of nitrogens with zero attached hydrogens (tertiary/aromatic N) is 5. The molecule has 0 aliphatic carbocycles. The van der Waals surface area contributed by atoms with Crippen molar-refractivity contribution >= 4 is 51.0 Å². The number of guanidine groups is 1. The highest BCUT2D eigenvalue weighted by atomic mass is 35.5. The van der Waals surface area contributed by atoms with Gasteiger partial charge in [0, 0.05) is 37.1 Å². The summed E-state index contributed by atoms with van der Waals surface area (Å²) in [7, 11) is -3.89. The average molecular weight is 613 g/mol. The number of rotatable bonds is 6. The fourth-order valence-electron chi connectivity index (χ4n) is 4.83. The monoisotopic (exact) mass is 612 g/mol. The van der Waals surface area contributed by atoms with Gasteiger partial charge >= 0.3 is 0 Å². The van der Waals surface area contributed by atoms with E-state index < -0.39 is 27.5 Å². The molecule has 1 unspecified atom stereocenters. The minimum atomic E-state index is -3.89. The van der Waals surface area contributed by atoms with Crippen LogP contribution < -0.4 is 26.8 Å². The average Bonchev–Trinajstić information content (AvgIpc) is 3.36. The van der Waals surface area contributed by atoms with Crippen LogP contribution in [0.15, 0.2) is 58.7 Å². The Balaban J connectivity index is 1.18. The van der Waals surface area contributed by atoms with Gasteiger partial charge in [-0.15, -0.1) is 0 Å². The summed E-state index contributed by atoms with van der Waals surface area (Å²) in [4.78, 5) is 43.7. The highest BCUT2D eigenvalue weighted by molar-refractivity contribution is 7.89. The van der Waals surface area contributed by atoms with Crippen molar-refractivity contribution in [3.05, 3.63) is 70.8 Å². The summed E-state index contributed by atoms with van der Waals surface area (Å²) < 4.78 is 28.8. The Bertz CT molecular complexity index is 1660. The molecular weight excluding hydrogens is 584 g/mol. The SMILES string of the molecule is CC(NS(=O)(=O)c1cccc(C(=O)N2CCC3(CC2)CN=C(NC(=O)c2nc(Cl)c(N)nc2N)N3)c1)c1ccncc1. The number of hydrogen-bond donors (Lipinski definition) is 5. The van der Waals surface area contributed by atoms with E-state index >= 15 is 0 Å². The molecule has 14 nitrogen and oxygen atoms in total. The van der Waals surface area contributed by atoms with E-state index in [4.69, 9.17) is 23.1 Å². The minimum Gasteiger partial charge on any atom is -0.382 e. The van der Waals surface area contributed by atoms with Gasteiger partial charge in [0.05, 0.1) is 17.0 Å². The van der Waals surface area contributed by atoms with Gasteiger partial charge in [0.1, 0.15) is 0 Å². The molecule has 0 bridgehead atoms. The minimum absolute atomic E-state index is 0.00157. The molecule has 7 N–H and O–H groups in total. The number of nitrogen functional groups attached to an aromatic ring is 2. The number of sulfonamides is 1. The molecule has 5 rings (SSSR count). The molecule has 2 aromatic heterocycles. The van der Waals surface area contributed by atoms with Crippen molar-refractivity contribution in [2.45, 2.75) is 36.2 Å². The molecule has 4 heterocycles. The quantitative estimate of drug-likeness (QED) is 0.267. The lowest BCUT2D eigenvalue weighted by Gasteiger charge is -2.39. The summed E-state index contributed by atoms with van der Waals surface area (Å²) in [6.45, 7) is 2.94. The van der Waals surface area contributed by atoms with Gasteiger partial charge in [-0.25, -0.2) is 23.1 Å². The topological polar surface area (TPSA) is 211 Å². The van der Waals surface area contributed by atoms with Crippen molar-refractivity contribution < 1.29 is 18.0 Å². The number of piperidine rings is 1. The number of nitrogens with one attached hydrogen (secondary N) is 3. The second kappa shape index (κ2) is 11.5. The largest absolute Gasteiger partial charge is 0.382 e. The number of hydrogen-bond acceptors (Lipinski definition) is 11. The van der Waals surface area contributed by atoms with E-state index in [9.17, 15) is 18.0 Å².